The quantitative estimate of drug-likeness (QED) is 0.804. The molecular formula is C14H19N3O3S2. The van der Waals surface area contributed by atoms with Gasteiger partial charge in [0.1, 0.15) is 0 Å². The molecule has 0 radical (unpaired) electrons. The Bertz CT molecular complexity index is 741. The van der Waals surface area contributed by atoms with Crippen LogP contribution in [0, 0.1) is 6.92 Å². The zero-order valence-corrected chi connectivity index (χ0v) is 14.6. The summed E-state index contributed by atoms with van der Waals surface area (Å²) in [7, 11) is -0.354. The third-order valence-corrected chi connectivity index (χ3v) is 6.08. The fourth-order valence-corrected chi connectivity index (χ4v) is 3.61. The van der Waals surface area contributed by atoms with Gasteiger partial charge >= 0.3 is 0 Å². The van der Waals surface area contributed by atoms with E-state index in [9.17, 15) is 8.42 Å². The first-order chi connectivity index (χ1) is 10.3. The molecule has 0 N–H and O–H groups in total. The number of benzene rings is 1. The summed E-state index contributed by atoms with van der Waals surface area (Å²) in [6, 6.07) is 6.98. The van der Waals surface area contributed by atoms with E-state index < -0.39 is 10.0 Å². The minimum atomic E-state index is -3.40. The molecule has 0 fully saturated rings. The summed E-state index contributed by atoms with van der Waals surface area (Å²) in [5.74, 6) is 1.86. The molecule has 0 bridgehead atoms. The fraction of sp³-hybridized carbons (Fsp3) is 0.429. The second kappa shape index (κ2) is 6.80. The van der Waals surface area contributed by atoms with E-state index in [1.54, 1.807) is 36.9 Å². The van der Waals surface area contributed by atoms with E-state index in [0.29, 0.717) is 22.4 Å². The van der Waals surface area contributed by atoms with Crippen LogP contribution in [-0.2, 0) is 15.8 Å². The van der Waals surface area contributed by atoms with Gasteiger partial charge in [-0.3, -0.25) is 0 Å². The Hall–Kier alpha value is -1.38. The first-order valence-electron chi connectivity index (χ1n) is 6.74. The summed E-state index contributed by atoms with van der Waals surface area (Å²) in [5, 5.41) is 3.83. The molecule has 1 heterocycles. The van der Waals surface area contributed by atoms with Gasteiger partial charge < -0.3 is 4.52 Å². The molecule has 0 aliphatic heterocycles. The number of rotatable bonds is 6. The maximum atomic E-state index is 12.1. The van der Waals surface area contributed by atoms with Crippen molar-refractivity contribution in [1.29, 1.82) is 0 Å². The van der Waals surface area contributed by atoms with Gasteiger partial charge in [0.05, 0.1) is 10.1 Å². The van der Waals surface area contributed by atoms with Gasteiger partial charge in [-0.1, -0.05) is 17.3 Å². The van der Waals surface area contributed by atoms with Gasteiger partial charge in [-0.15, -0.1) is 11.8 Å². The molecule has 8 heteroatoms. The van der Waals surface area contributed by atoms with Crippen molar-refractivity contribution in [2.75, 3.05) is 14.1 Å². The molecule has 120 valence electrons. The van der Waals surface area contributed by atoms with Crippen molar-refractivity contribution < 1.29 is 12.9 Å². The number of hydrogen-bond acceptors (Lipinski definition) is 6. The summed E-state index contributed by atoms with van der Waals surface area (Å²) >= 11 is 1.62. The molecule has 1 aromatic carbocycles. The second-order valence-corrected chi connectivity index (χ2v) is 8.55. The topological polar surface area (TPSA) is 76.3 Å². The Kier molecular flexibility index (Phi) is 5.25. The lowest BCUT2D eigenvalue weighted by Gasteiger charge is -2.12. The fourth-order valence-electron chi connectivity index (χ4n) is 1.78. The number of aromatic nitrogens is 2. The van der Waals surface area contributed by atoms with Crippen molar-refractivity contribution in [3.05, 3.63) is 41.5 Å². The Morgan fingerprint density at radius 3 is 2.68 bits per heavy atom. The minimum Gasteiger partial charge on any atom is -0.338 e. The van der Waals surface area contributed by atoms with E-state index in [2.05, 4.69) is 10.1 Å². The average Bonchev–Trinajstić information content (AvgIpc) is 2.91. The van der Waals surface area contributed by atoms with Crippen LogP contribution in [0.1, 0.15) is 29.5 Å². The molecule has 22 heavy (non-hydrogen) atoms. The molecule has 0 unspecified atom stereocenters. The van der Waals surface area contributed by atoms with Crippen LogP contribution in [-0.4, -0.2) is 37.0 Å². The van der Waals surface area contributed by atoms with Crippen LogP contribution in [0.3, 0.4) is 0 Å². The van der Waals surface area contributed by atoms with Crippen molar-refractivity contribution >= 4 is 21.8 Å². The Morgan fingerprint density at radius 2 is 2.09 bits per heavy atom. The van der Waals surface area contributed by atoms with E-state index in [-0.39, 0.29) is 5.25 Å². The smallest absolute Gasteiger partial charge is 0.242 e. The summed E-state index contributed by atoms with van der Waals surface area (Å²) in [6.45, 7) is 3.76. The molecule has 0 aliphatic carbocycles. The van der Waals surface area contributed by atoms with Crippen LogP contribution in [0.4, 0.5) is 0 Å². The van der Waals surface area contributed by atoms with Crippen molar-refractivity contribution in [2.24, 2.45) is 0 Å². The summed E-state index contributed by atoms with van der Waals surface area (Å²) in [5.41, 5.74) is 0.941. The lowest BCUT2D eigenvalue weighted by atomic mass is 10.2. The van der Waals surface area contributed by atoms with E-state index >= 15 is 0 Å². The largest absolute Gasteiger partial charge is 0.338 e. The average molecular weight is 341 g/mol. The molecule has 0 saturated carbocycles. The maximum absolute atomic E-state index is 12.1. The zero-order chi connectivity index (χ0) is 16.3. The predicted molar refractivity (Wildman–Crippen MR) is 86.1 cm³/mol. The first kappa shape index (κ1) is 17.0. The molecule has 0 aliphatic rings. The lowest BCUT2D eigenvalue weighted by Crippen LogP contribution is -2.22. The molecule has 0 amide bonds. The predicted octanol–water partition coefficient (Wildman–Crippen LogP) is 2.62. The van der Waals surface area contributed by atoms with Crippen molar-refractivity contribution in [3.63, 3.8) is 0 Å². The molecular weight excluding hydrogens is 322 g/mol. The zero-order valence-electron chi connectivity index (χ0n) is 13.0. The maximum Gasteiger partial charge on any atom is 0.242 e. The number of hydrogen-bond donors (Lipinski definition) is 0. The Balaban J connectivity index is 2.08. The van der Waals surface area contributed by atoms with Gasteiger partial charge in [-0.05, 0) is 31.5 Å². The van der Waals surface area contributed by atoms with Crippen LogP contribution in [0.2, 0.25) is 0 Å². The second-order valence-electron chi connectivity index (χ2n) is 5.07. The van der Waals surface area contributed by atoms with Crippen LogP contribution in [0.15, 0.2) is 33.7 Å². The molecule has 1 atom stereocenters. The molecule has 1 aromatic heterocycles. The van der Waals surface area contributed by atoms with Crippen LogP contribution < -0.4 is 0 Å². The normalized spacial score (nSPS) is 13.5. The van der Waals surface area contributed by atoms with Crippen molar-refractivity contribution in [1.82, 2.24) is 14.4 Å². The molecule has 6 nitrogen and oxygen atoms in total. The van der Waals surface area contributed by atoms with Crippen LogP contribution in [0.5, 0.6) is 0 Å². The lowest BCUT2D eigenvalue weighted by molar-refractivity contribution is 0.376. The third-order valence-electron chi connectivity index (χ3n) is 3.07. The number of aryl methyl sites for hydroxylation is 1. The van der Waals surface area contributed by atoms with Crippen LogP contribution in [0.25, 0.3) is 0 Å². The highest BCUT2D eigenvalue weighted by molar-refractivity contribution is 7.98. The number of thioether (sulfide) groups is 1. The van der Waals surface area contributed by atoms with Crippen LogP contribution >= 0.6 is 11.8 Å². The Labute approximate surface area is 135 Å². The number of nitrogens with zero attached hydrogens (tertiary/aromatic N) is 3. The molecule has 2 rings (SSSR count). The van der Waals surface area contributed by atoms with E-state index in [4.69, 9.17) is 4.52 Å². The summed E-state index contributed by atoms with van der Waals surface area (Å²) < 4.78 is 30.6. The van der Waals surface area contributed by atoms with Gasteiger partial charge in [-0.2, -0.15) is 4.98 Å². The third kappa shape index (κ3) is 3.88. The van der Waals surface area contributed by atoms with Gasteiger partial charge in [0.15, 0.2) is 5.82 Å². The monoisotopic (exact) mass is 341 g/mol. The van der Waals surface area contributed by atoms with Crippen molar-refractivity contribution in [2.45, 2.75) is 29.7 Å². The highest BCUT2D eigenvalue weighted by Crippen LogP contribution is 2.30. The van der Waals surface area contributed by atoms with E-state index in [0.717, 1.165) is 5.56 Å². The van der Waals surface area contributed by atoms with Crippen molar-refractivity contribution in [3.8, 4) is 0 Å². The van der Waals surface area contributed by atoms with Gasteiger partial charge in [0.25, 0.3) is 0 Å². The van der Waals surface area contributed by atoms with E-state index in [1.807, 2.05) is 13.0 Å². The van der Waals surface area contributed by atoms with Gasteiger partial charge in [0, 0.05) is 19.8 Å². The highest BCUT2D eigenvalue weighted by atomic mass is 32.2. The molecule has 0 saturated heterocycles. The minimum absolute atomic E-state index is 0.0512. The molecule has 0 spiro atoms. The standard InChI is InChI=1S/C14H19N3O3S2/c1-10(14-15-11(2)16-20-14)21-9-12-6-5-7-13(8-12)22(18,19)17(3)4/h5-8,10H,9H2,1-4H3/t10-/m0/s1. The van der Waals surface area contributed by atoms with Gasteiger partial charge in [0.2, 0.25) is 15.9 Å². The highest BCUT2D eigenvalue weighted by Gasteiger charge is 2.18. The number of sulfonamides is 1. The SMILES string of the molecule is Cc1noc([C@H](C)SCc2cccc(S(=O)(=O)N(C)C)c2)n1. The summed E-state index contributed by atoms with van der Waals surface area (Å²) in [4.78, 5) is 4.50. The molecule has 2 aromatic rings. The Morgan fingerprint density at radius 1 is 1.36 bits per heavy atom. The van der Waals surface area contributed by atoms with E-state index in [1.165, 1.54) is 18.4 Å². The van der Waals surface area contributed by atoms with Gasteiger partial charge in [-0.25, -0.2) is 12.7 Å². The summed E-state index contributed by atoms with van der Waals surface area (Å²) in [6.07, 6.45) is 0. The first-order valence-corrected chi connectivity index (χ1v) is 9.23.